The average Bonchev–Trinajstić information content (AvgIpc) is 3.21. The Bertz CT molecular complexity index is 672. The van der Waals surface area contributed by atoms with Crippen molar-refractivity contribution in [3.8, 4) is 5.75 Å². The smallest absolute Gasteiger partial charge is 0.187 e. The van der Waals surface area contributed by atoms with Gasteiger partial charge in [0, 0.05) is 11.6 Å². The largest absolute Gasteiger partial charge is 0.507 e. The van der Waals surface area contributed by atoms with Gasteiger partial charge in [-0.15, -0.1) is 0 Å². The van der Waals surface area contributed by atoms with Crippen LogP contribution in [0.1, 0.15) is 24.8 Å². The minimum absolute atomic E-state index is 0.212. The van der Waals surface area contributed by atoms with E-state index in [1.54, 1.807) is 24.4 Å². The molecular formula is C18H21N3OS. The van der Waals surface area contributed by atoms with Gasteiger partial charge in [0.25, 0.3) is 0 Å². The summed E-state index contributed by atoms with van der Waals surface area (Å²) in [7, 11) is 0. The third kappa shape index (κ3) is 2.74. The third-order valence-electron chi connectivity index (χ3n) is 5.63. The zero-order chi connectivity index (χ0) is 15.8. The molecule has 1 aromatic carbocycles. The van der Waals surface area contributed by atoms with Crippen molar-refractivity contribution in [2.45, 2.75) is 25.3 Å². The van der Waals surface area contributed by atoms with Gasteiger partial charge in [-0.2, -0.15) is 5.10 Å². The monoisotopic (exact) mass is 327 g/mol. The lowest BCUT2D eigenvalue weighted by atomic mass is 9.79. The molecule has 120 valence electrons. The predicted octanol–water partition coefficient (Wildman–Crippen LogP) is 2.79. The Kier molecular flexibility index (Phi) is 3.81. The second kappa shape index (κ2) is 5.96. The number of aromatic hydroxyl groups is 1. The number of rotatable bonds is 3. The number of allylic oxidation sites excluding steroid dienone is 2. The molecule has 2 bridgehead atoms. The van der Waals surface area contributed by atoms with E-state index in [0.717, 1.165) is 17.8 Å². The molecule has 3 aliphatic rings. The van der Waals surface area contributed by atoms with Crippen LogP contribution >= 0.6 is 12.2 Å². The van der Waals surface area contributed by atoms with E-state index in [4.69, 9.17) is 12.2 Å². The lowest BCUT2D eigenvalue weighted by Gasteiger charge is -2.32. The Morgan fingerprint density at radius 2 is 2.13 bits per heavy atom. The third-order valence-corrected chi connectivity index (χ3v) is 5.84. The molecule has 3 N–H and O–H groups in total. The topological polar surface area (TPSA) is 56.7 Å². The van der Waals surface area contributed by atoms with Gasteiger partial charge in [-0.25, -0.2) is 0 Å². The Hall–Kier alpha value is -1.88. The zero-order valence-corrected chi connectivity index (χ0v) is 13.7. The van der Waals surface area contributed by atoms with Gasteiger partial charge in [0.1, 0.15) is 5.75 Å². The number of fused-ring (bicyclic) bond motifs is 5. The molecule has 0 spiro atoms. The van der Waals surface area contributed by atoms with Gasteiger partial charge < -0.3 is 10.4 Å². The van der Waals surface area contributed by atoms with E-state index in [0.29, 0.717) is 22.6 Å². The predicted molar refractivity (Wildman–Crippen MR) is 95.3 cm³/mol. The highest BCUT2D eigenvalue weighted by Crippen LogP contribution is 2.56. The molecular weight excluding hydrogens is 306 g/mol. The van der Waals surface area contributed by atoms with Crippen LogP contribution in [-0.2, 0) is 0 Å². The Morgan fingerprint density at radius 3 is 3.00 bits per heavy atom. The molecule has 5 atom stereocenters. The maximum absolute atomic E-state index is 9.69. The first-order chi connectivity index (χ1) is 11.2. The van der Waals surface area contributed by atoms with Gasteiger partial charge in [-0.05, 0) is 67.3 Å². The summed E-state index contributed by atoms with van der Waals surface area (Å²) in [4.78, 5) is 0. The quantitative estimate of drug-likeness (QED) is 0.346. The molecule has 4 rings (SSSR count). The minimum atomic E-state index is 0.212. The molecule has 0 heterocycles. The first kappa shape index (κ1) is 14.7. The van der Waals surface area contributed by atoms with Gasteiger partial charge in [0.2, 0.25) is 0 Å². The van der Waals surface area contributed by atoms with Crippen molar-refractivity contribution < 1.29 is 5.11 Å². The second-order valence-corrected chi connectivity index (χ2v) is 7.22. The summed E-state index contributed by atoms with van der Waals surface area (Å²) in [5.74, 6) is 3.41. The molecule has 0 aliphatic heterocycles. The van der Waals surface area contributed by atoms with E-state index in [-0.39, 0.29) is 5.75 Å². The molecule has 2 saturated carbocycles. The van der Waals surface area contributed by atoms with Gasteiger partial charge in [0.05, 0.1) is 6.21 Å². The summed E-state index contributed by atoms with van der Waals surface area (Å²) in [5.41, 5.74) is 3.53. The first-order valence-electron chi connectivity index (χ1n) is 8.26. The lowest BCUT2D eigenvalue weighted by molar-refractivity contribution is 0.246. The van der Waals surface area contributed by atoms with E-state index in [1.807, 2.05) is 6.07 Å². The van der Waals surface area contributed by atoms with Crippen LogP contribution in [0.15, 0.2) is 41.5 Å². The molecule has 23 heavy (non-hydrogen) atoms. The minimum Gasteiger partial charge on any atom is -0.507 e. The number of thiocarbonyl (C=S) groups is 1. The first-order valence-corrected chi connectivity index (χ1v) is 8.67. The van der Waals surface area contributed by atoms with E-state index in [2.05, 4.69) is 28.0 Å². The number of phenolic OH excluding ortho intramolecular Hbond substituents is 1. The van der Waals surface area contributed by atoms with E-state index >= 15 is 0 Å². The molecule has 3 aliphatic carbocycles. The fourth-order valence-electron chi connectivity index (χ4n) is 4.67. The summed E-state index contributed by atoms with van der Waals surface area (Å²) < 4.78 is 0. The Balaban J connectivity index is 1.31. The van der Waals surface area contributed by atoms with Crippen LogP contribution in [0.2, 0.25) is 0 Å². The molecule has 4 nitrogen and oxygen atoms in total. The standard InChI is InChI=1S/C18H21N3OS/c22-17-7-2-1-4-11(17)10-19-21-18(23)20-16-9-12-8-15(16)14-6-3-5-13(12)14/h1-4,6-7,10,12-16,22H,5,8-9H2,(H2,20,21,23)/b19-10+/t12-,13-,14-,15-,16-/m0/s1. The van der Waals surface area contributed by atoms with Crippen LogP contribution in [0.3, 0.4) is 0 Å². The number of benzene rings is 1. The molecule has 2 fully saturated rings. The van der Waals surface area contributed by atoms with E-state index in [1.165, 1.54) is 19.3 Å². The summed E-state index contributed by atoms with van der Waals surface area (Å²) in [6.45, 7) is 0. The van der Waals surface area contributed by atoms with Crippen LogP contribution in [-0.4, -0.2) is 22.5 Å². The Morgan fingerprint density at radius 1 is 1.26 bits per heavy atom. The van der Waals surface area contributed by atoms with Crippen molar-refractivity contribution in [3.63, 3.8) is 0 Å². The number of para-hydroxylation sites is 1. The summed E-state index contributed by atoms with van der Waals surface area (Å²) in [5, 5.41) is 17.8. The fraction of sp³-hybridized carbons (Fsp3) is 0.444. The molecule has 0 radical (unpaired) electrons. The number of hydrogen-bond acceptors (Lipinski definition) is 3. The number of nitrogens with one attached hydrogen (secondary N) is 2. The zero-order valence-electron chi connectivity index (χ0n) is 12.9. The van der Waals surface area contributed by atoms with Gasteiger partial charge in [0.15, 0.2) is 5.11 Å². The average molecular weight is 327 g/mol. The molecule has 0 amide bonds. The van der Waals surface area contributed by atoms with E-state index < -0.39 is 0 Å². The maximum atomic E-state index is 9.69. The van der Waals surface area contributed by atoms with Crippen molar-refractivity contribution in [1.82, 2.24) is 10.7 Å². The van der Waals surface area contributed by atoms with Crippen molar-refractivity contribution in [2.75, 3.05) is 0 Å². The van der Waals surface area contributed by atoms with Crippen LogP contribution in [0, 0.1) is 23.7 Å². The Labute approximate surface area is 141 Å². The van der Waals surface area contributed by atoms with E-state index in [9.17, 15) is 5.11 Å². The fourth-order valence-corrected chi connectivity index (χ4v) is 4.87. The van der Waals surface area contributed by atoms with Crippen LogP contribution in [0.5, 0.6) is 5.75 Å². The number of nitrogens with zero attached hydrogens (tertiary/aromatic N) is 1. The molecule has 0 unspecified atom stereocenters. The van der Waals surface area contributed by atoms with Gasteiger partial charge in [-0.3, -0.25) is 5.43 Å². The highest BCUT2D eigenvalue weighted by Gasteiger charge is 2.52. The molecule has 0 saturated heterocycles. The lowest BCUT2D eigenvalue weighted by Crippen LogP contribution is -2.45. The van der Waals surface area contributed by atoms with Crippen LogP contribution in [0.25, 0.3) is 0 Å². The number of hydrogen-bond donors (Lipinski definition) is 3. The molecule has 1 aromatic rings. The van der Waals surface area contributed by atoms with Crippen LogP contribution < -0.4 is 10.7 Å². The van der Waals surface area contributed by atoms with Crippen molar-refractivity contribution in [3.05, 3.63) is 42.0 Å². The highest BCUT2D eigenvalue weighted by molar-refractivity contribution is 7.80. The molecule has 5 heteroatoms. The van der Waals surface area contributed by atoms with Gasteiger partial charge >= 0.3 is 0 Å². The highest BCUT2D eigenvalue weighted by atomic mass is 32.1. The summed E-state index contributed by atoms with van der Waals surface area (Å²) in [6, 6.07) is 7.55. The SMILES string of the molecule is Oc1ccccc1/C=N/NC(=S)N[C@H]1C[C@@H]2C[C@H]1[C@H]1C=CC[C@@H]21. The van der Waals surface area contributed by atoms with Crippen molar-refractivity contribution in [2.24, 2.45) is 28.8 Å². The number of phenols is 1. The van der Waals surface area contributed by atoms with Crippen molar-refractivity contribution >= 4 is 23.5 Å². The summed E-state index contributed by atoms with van der Waals surface area (Å²) in [6.07, 6.45) is 10.2. The van der Waals surface area contributed by atoms with Crippen LogP contribution in [0.4, 0.5) is 0 Å². The van der Waals surface area contributed by atoms with Crippen molar-refractivity contribution in [1.29, 1.82) is 0 Å². The maximum Gasteiger partial charge on any atom is 0.187 e. The van der Waals surface area contributed by atoms with Gasteiger partial charge in [-0.1, -0.05) is 24.3 Å². The molecule has 0 aromatic heterocycles. The number of hydrazone groups is 1. The second-order valence-electron chi connectivity index (χ2n) is 6.81. The normalized spacial score (nSPS) is 34.0. The summed E-state index contributed by atoms with van der Waals surface area (Å²) >= 11 is 5.36.